The number of carbonyl (C=O) groups excluding carboxylic acids is 1. The van der Waals surface area contributed by atoms with E-state index in [-0.39, 0.29) is 0 Å². The van der Waals surface area contributed by atoms with Gasteiger partial charge in [-0.1, -0.05) is 0 Å². The Kier molecular flexibility index (Phi) is 1.70. The lowest BCUT2D eigenvalue weighted by molar-refractivity contribution is 0.565. The second-order valence-electron chi connectivity index (χ2n) is 2.18. The summed E-state index contributed by atoms with van der Waals surface area (Å²) >= 11 is 1.52. The highest BCUT2D eigenvalue weighted by Gasteiger charge is 2.00. The summed E-state index contributed by atoms with van der Waals surface area (Å²) in [6.45, 7) is 0. The van der Waals surface area contributed by atoms with Crippen molar-refractivity contribution < 1.29 is 4.79 Å². The molecule has 0 saturated carbocycles. The van der Waals surface area contributed by atoms with Crippen LogP contribution in [-0.4, -0.2) is 11.1 Å². The van der Waals surface area contributed by atoms with Crippen molar-refractivity contribution in [2.75, 3.05) is 0 Å². The number of fused-ring (bicyclic) bond motifs is 1. The van der Waals surface area contributed by atoms with Crippen molar-refractivity contribution in [2.24, 2.45) is 4.99 Å². The van der Waals surface area contributed by atoms with Crippen molar-refractivity contribution in [1.82, 2.24) is 4.98 Å². The first-order chi connectivity index (χ1) is 5.92. The molecule has 0 aromatic carbocycles. The van der Waals surface area contributed by atoms with E-state index >= 15 is 0 Å². The number of isocyanates is 1. The number of hydrogen-bond donors (Lipinski definition) is 0. The smallest absolute Gasteiger partial charge is 0.235 e. The molecule has 0 aliphatic carbocycles. The third kappa shape index (κ3) is 1.03. The molecule has 3 nitrogen and oxygen atoms in total. The van der Waals surface area contributed by atoms with Crippen LogP contribution >= 0.6 is 11.3 Å². The highest BCUT2D eigenvalue weighted by Crippen LogP contribution is 2.27. The molecule has 2 aromatic rings. The van der Waals surface area contributed by atoms with Gasteiger partial charge in [-0.3, -0.25) is 0 Å². The lowest BCUT2D eigenvalue weighted by Gasteiger charge is -1.90. The zero-order chi connectivity index (χ0) is 8.39. The van der Waals surface area contributed by atoms with Crippen molar-refractivity contribution in [2.45, 2.75) is 0 Å². The number of pyridine rings is 1. The Hall–Kier alpha value is -1.51. The van der Waals surface area contributed by atoms with E-state index in [0.29, 0.717) is 5.82 Å². The van der Waals surface area contributed by atoms with Gasteiger partial charge in [0.2, 0.25) is 6.08 Å². The molecular weight excluding hydrogens is 172 g/mol. The molecule has 12 heavy (non-hydrogen) atoms. The molecule has 0 aliphatic heterocycles. The molecule has 0 amide bonds. The molecule has 0 saturated heterocycles. The Morgan fingerprint density at radius 1 is 1.50 bits per heavy atom. The van der Waals surface area contributed by atoms with Crippen molar-refractivity contribution in [3.8, 4) is 0 Å². The molecule has 0 atom stereocenters. The molecule has 58 valence electrons. The minimum absolute atomic E-state index is 0.456. The molecule has 2 aromatic heterocycles. The van der Waals surface area contributed by atoms with E-state index in [0.717, 1.165) is 10.1 Å². The highest BCUT2D eigenvalue weighted by atomic mass is 32.1. The average molecular weight is 176 g/mol. The van der Waals surface area contributed by atoms with Gasteiger partial charge in [-0.05, 0) is 22.9 Å². The Labute approximate surface area is 72.4 Å². The van der Waals surface area contributed by atoms with Gasteiger partial charge in [0.1, 0.15) is 0 Å². The van der Waals surface area contributed by atoms with E-state index in [1.807, 2.05) is 17.5 Å². The summed E-state index contributed by atoms with van der Waals surface area (Å²) < 4.78 is 0.931. The van der Waals surface area contributed by atoms with Crippen molar-refractivity contribution in [1.29, 1.82) is 0 Å². The summed E-state index contributed by atoms with van der Waals surface area (Å²) in [7, 11) is 0. The lowest BCUT2D eigenvalue weighted by atomic mass is 10.3. The topological polar surface area (TPSA) is 42.3 Å². The van der Waals surface area contributed by atoms with Crippen LogP contribution in [0.3, 0.4) is 0 Å². The van der Waals surface area contributed by atoms with Gasteiger partial charge in [0.05, 0.1) is 4.70 Å². The maximum Gasteiger partial charge on any atom is 0.242 e. The Bertz CT molecular complexity index is 457. The van der Waals surface area contributed by atoms with Crippen LogP contribution in [0.15, 0.2) is 28.7 Å². The van der Waals surface area contributed by atoms with Gasteiger partial charge in [-0.15, -0.1) is 16.3 Å². The van der Waals surface area contributed by atoms with E-state index in [1.165, 1.54) is 17.4 Å². The monoisotopic (exact) mass is 176 g/mol. The zero-order valence-electron chi connectivity index (χ0n) is 6.02. The molecule has 0 bridgehead atoms. The number of rotatable bonds is 1. The summed E-state index contributed by atoms with van der Waals surface area (Å²) in [5, 5.41) is 3.00. The molecule has 4 heteroatoms. The fourth-order valence-electron chi connectivity index (χ4n) is 1.00. The van der Waals surface area contributed by atoms with Crippen LogP contribution in [0.1, 0.15) is 0 Å². The summed E-state index contributed by atoms with van der Waals surface area (Å²) in [5.41, 5.74) is 0. The van der Waals surface area contributed by atoms with Crippen LogP contribution in [0.25, 0.3) is 10.1 Å². The van der Waals surface area contributed by atoms with E-state index in [9.17, 15) is 4.79 Å². The molecule has 0 unspecified atom stereocenters. The lowest BCUT2D eigenvalue weighted by Crippen LogP contribution is -1.71. The van der Waals surface area contributed by atoms with E-state index < -0.39 is 0 Å². The molecule has 2 rings (SSSR count). The summed E-state index contributed by atoms with van der Waals surface area (Å²) in [6.07, 6.45) is 3.12. The second-order valence-corrected chi connectivity index (χ2v) is 3.09. The van der Waals surface area contributed by atoms with Gasteiger partial charge in [0.15, 0.2) is 5.82 Å². The van der Waals surface area contributed by atoms with Crippen LogP contribution < -0.4 is 0 Å². The third-order valence-electron chi connectivity index (χ3n) is 1.50. The highest BCUT2D eigenvalue weighted by molar-refractivity contribution is 7.17. The fourth-order valence-corrected chi connectivity index (χ4v) is 1.83. The summed E-state index contributed by atoms with van der Waals surface area (Å²) in [6, 6.07) is 3.85. The zero-order valence-corrected chi connectivity index (χ0v) is 6.84. The predicted octanol–water partition coefficient (Wildman–Crippen LogP) is 2.26. The molecule has 2 heterocycles. The maximum absolute atomic E-state index is 10.0. The van der Waals surface area contributed by atoms with E-state index in [2.05, 4.69) is 9.98 Å². The third-order valence-corrected chi connectivity index (χ3v) is 2.43. The van der Waals surface area contributed by atoms with Gasteiger partial charge in [0.25, 0.3) is 0 Å². The SMILES string of the molecule is O=C=Nc1nccc2ccsc12. The van der Waals surface area contributed by atoms with Crippen molar-refractivity contribution in [3.05, 3.63) is 23.7 Å². The van der Waals surface area contributed by atoms with Gasteiger partial charge in [-0.25, -0.2) is 9.78 Å². The average Bonchev–Trinajstić information content (AvgIpc) is 2.53. The number of nitrogens with zero attached hydrogens (tertiary/aromatic N) is 2. The van der Waals surface area contributed by atoms with E-state index in [1.54, 1.807) is 6.20 Å². The Balaban J connectivity index is 2.81. The van der Waals surface area contributed by atoms with Crippen LogP contribution in [0, 0.1) is 0 Å². The van der Waals surface area contributed by atoms with Crippen LogP contribution in [-0.2, 0) is 4.79 Å². The summed E-state index contributed by atoms with van der Waals surface area (Å²) in [4.78, 5) is 17.5. The van der Waals surface area contributed by atoms with Gasteiger partial charge in [-0.2, -0.15) is 0 Å². The molecule has 0 aliphatic rings. The van der Waals surface area contributed by atoms with Gasteiger partial charge >= 0.3 is 0 Å². The molecule has 0 radical (unpaired) electrons. The standard InChI is InChI=1S/C8H4N2OS/c11-5-10-8-7-6(1-3-9-8)2-4-12-7/h1-4H. The minimum atomic E-state index is 0.456. The largest absolute Gasteiger partial charge is 0.242 e. The minimum Gasteiger partial charge on any atom is -0.235 e. The Morgan fingerprint density at radius 2 is 2.42 bits per heavy atom. The number of aliphatic imine (C=N–C) groups is 1. The molecule has 0 fully saturated rings. The Morgan fingerprint density at radius 3 is 3.25 bits per heavy atom. The first kappa shape index (κ1) is 7.16. The fraction of sp³-hybridized carbons (Fsp3) is 0. The molecule has 0 N–H and O–H groups in total. The number of aromatic nitrogens is 1. The van der Waals surface area contributed by atoms with Crippen LogP contribution in [0.5, 0.6) is 0 Å². The normalized spacial score (nSPS) is 9.67. The van der Waals surface area contributed by atoms with Crippen LogP contribution in [0.2, 0.25) is 0 Å². The first-order valence-electron chi connectivity index (χ1n) is 3.32. The predicted molar refractivity (Wildman–Crippen MR) is 47.4 cm³/mol. The van der Waals surface area contributed by atoms with Gasteiger partial charge in [0, 0.05) is 6.20 Å². The maximum atomic E-state index is 10.0. The van der Waals surface area contributed by atoms with Crippen molar-refractivity contribution in [3.63, 3.8) is 0 Å². The quantitative estimate of drug-likeness (QED) is 0.494. The van der Waals surface area contributed by atoms with Crippen LogP contribution in [0.4, 0.5) is 5.82 Å². The number of hydrogen-bond acceptors (Lipinski definition) is 4. The van der Waals surface area contributed by atoms with E-state index in [4.69, 9.17) is 0 Å². The number of thiophene rings is 1. The van der Waals surface area contributed by atoms with Crippen molar-refractivity contribution >= 4 is 33.3 Å². The molecule has 0 spiro atoms. The van der Waals surface area contributed by atoms with Gasteiger partial charge < -0.3 is 0 Å². The summed E-state index contributed by atoms with van der Waals surface area (Å²) in [5.74, 6) is 0.456. The molecular formula is C8H4N2OS. The second kappa shape index (κ2) is 2.85. The first-order valence-corrected chi connectivity index (χ1v) is 4.20.